The van der Waals surface area contributed by atoms with Gasteiger partial charge in [-0.3, -0.25) is 0 Å². The van der Waals surface area contributed by atoms with E-state index in [-0.39, 0.29) is 5.75 Å². The Morgan fingerprint density at radius 1 is 1.14 bits per heavy atom. The molecule has 0 atom stereocenters. The third-order valence-corrected chi connectivity index (χ3v) is 3.71. The van der Waals surface area contributed by atoms with Gasteiger partial charge in [0.15, 0.2) is 0 Å². The molecule has 3 nitrogen and oxygen atoms in total. The molecule has 108 valence electrons. The van der Waals surface area contributed by atoms with Crippen LogP contribution in [0.1, 0.15) is 12.6 Å². The van der Waals surface area contributed by atoms with E-state index in [0.29, 0.717) is 12.4 Å². The zero-order chi connectivity index (χ0) is 14.8. The second kappa shape index (κ2) is 5.70. The van der Waals surface area contributed by atoms with E-state index in [2.05, 4.69) is 17.6 Å². The van der Waals surface area contributed by atoms with E-state index in [4.69, 9.17) is 16.3 Å². The molecule has 3 rings (SSSR count). The van der Waals surface area contributed by atoms with E-state index in [0.717, 1.165) is 28.2 Å². The molecule has 0 amide bonds. The number of hydrogen-bond donors (Lipinski definition) is 1. The maximum absolute atomic E-state index is 9.46. The lowest BCUT2D eigenvalue weighted by Gasteiger charge is -2.10. The van der Waals surface area contributed by atoms with Crippen LogP contribution in [-0.4, -0.2) is 9.67 Å². The van der Waals surface area contributed by atoms with Gasteiger partial charge in [-0.25, -0.2) is 0 Å². The molecule has 0 radical (unpaired) electrons. The summed E-state index contributed by atoms with van der Waals surface area (Å²) in [6.07, 6.45) is 0. The first-order chi connectivity index (χ1) is 10.2. The molecule has 3 aromatic rings. The van der Waals surface area contributed by atoms with Crippen LogP contribution < -0.4 is 4.74 Å². The fourth-order valence-electron chi connectivity index (χ4n) is 2.51. The monoisotopic (exact) mass is 301 g/mol. The van der Waals surface area contributed by atoms with Gasteiger partial charge in [0.1, 0.15) is 18.1 Å². The number of phenols is 1. The highest BCUT2D eigenvalue weighted by molar-refractivity contribution is 6.31. The van der Waals surface area contributed by atoms with Gasteiger partial charge in [0.25, 0.3) is 0 Å². The molecule has 0 unspecified atom stereocenters. The van der Waals surface area contributed by atoms with Gasteiger partial charge in [-0.15, -0.1) is 0 Å². The fraction of sp³-hybridized carbons (Fsp3) is 0.176. The van der Waals surface area contributed by atoms with Crippen LogP contribution in [0.4, 0.5) is 0 Å². The summed E-state index contributed by atoms with van der Waals surface area (Å²) in [4.78, 5) is 0. The predicted octanol–water partition coefficient (Wildman–Crippen LogP) is 4.60. The van der Waals surface area contributed by atoms with Crippen LogP contribution in [0.3, 0.4) is 0 Å². The molecule has 1 N–H and O–H groups in total. The normalized spacial score (nSPS) is 11.0. The predicted molar refractivity (Wildman–Crippen MR) is 85.1 cm³/mol. The summed E-state index contributed by atoms with van der Waals surface area (Å²) in [6.45, 7) is 3.39. The Labute approximate surface area is 128 Å². The number of hydrogen-bond acceptors (Lipinski definition) is 2. The lowest BCUT2D eigenvalue weighted by Crippen LogP contribution is -2.04. The Morgan fingerprint density at radius 3 is 2.76 bits per heavy atom. The molecule has 0 spiro atoms. The number of rotatable bonds is 4. The van der Waals surface area contributed by atoms with Crippen LogP contribution in [0.25, 0.3) is 10.9 Å². The van der Waals surface area contributed by atoms with Gasteiger partial charge in [0, 0.05) is 28.5 Å². The number of halogens is 1. The topological polar surface area (TPSA) is 34.4 Å². The quantitative estimate of drug-likeness (QED) is 0.764. The van der Waals surface area contributed by atoms with Crippen LogP contribution in [0.15, 0.2) is 48.5 Å². The number of ether oxygens (including phenoxy) is 1. The molecule has 0 aliphatic rings. The molecular formula is C17H16ClNO2. The molecule has 0 fully saturated rings. The summed E-state index contributed by atoms with van der Waals surface area (Å²) in [5.74, 6) is 0.858. The number of phenolic OH excluding ortho intramolecular Hbond substituents is 1. The lowest BCUT2D eigenvalue weighted by atomic mass is 10.2. The second-order valence-corrected chi connectivity index (χ2v) is 5.31. The van der Waals surface area contributed by atoms with Gasteiger partial charge in [-0.05, 0) is 37.3 Å². The van der Waals surface area contributed by atoms with Crippen molar-refractivity contribution in [1.29, 1.82) is 0 Å². The maximum atomic E-state index is 9.46. The molecule has 0 aliphatic heterocycles. The van der Waals surface area contributed by atoms with Gasteiger partial charge >= 0.3 is 0 Å². The van der Waals surface area contributed by atoms with Crippen molar-refractivity contribution in [3.8, 4) is 11.5 Å². The standard InChI is InChI=1S/C17H16ClNO2/c1-2-19-14(8-12-6-7-13(18)9-17(12)19)11-21-16-5-3-4-15(20)10-16/h3-10,20H,2,11H2,1H3. The summed E-state index contributed by atoms with van der Waals surface area (Å²) >= 11 is 6.07. The number of benzene rings is 2. The van der Waals surface area contributed by atoms with Crippen LogP contribution in [0, 0.1) is 0 Å². The first-order valence-electron chi connectivity index (χ1n) is 6.87. The van der Waals surface area contributed by atoms with Crippen LogP contribution in [-0.2, 0) is 13.2 Å². The molecule has 1 aromatic heterocycles. The summed E-state index contributed by atoms with van der Waals surface area (Å²) in [5, 5.41) is 11.3. The number of fused-ring (bicyclic) bond motifs is 1. The minimum absolute atomic E-state index is 0.204. The SMILES string of the molecule is CCn1c(COc2cccc(O)c2)cc2ccc(Cl)cc21. The van der Waals surface area contributed by atoms with E-state index < -0.39 is 0 Å². The molecule has 21 heavy (non-hydrogen) atoms. The van der Waals surface area contributed by atoms with Gasteiger partial charge in [0.2, 0.25) is 0 Å². The van der Waals surface area contributed by atoms with E-state index in [1.54, 1.807) is 18.2 Å². The average Bonchev–Trinajstić information content (AvgIpc) is 2.82. The van der Waals surface area contributed by atoms with Crippen molar-refractivity contribution in [2.45, 2.75) is 20.1 Å². The molecule has 0 saturated heterocycles. The van der Waals surface area contributed by atoms with E-state index in [9.17, 15) is 5.11 Å². The van der Waals surface area contributed by atoms with Crippen molar-refractivity contribution in [2.75, 3.05) is 0 Å². The average molecular weight is 302 g/mol. The maximum Gasteiger partial charge on any atom is 0.128 e. The zero-order valence-corrected chi connectivity index (χ0v) is 12.5. The van der Waals surface area contributed by atoms with Crippen LogP contribution in [0.2, 0.25) is 5.02 Å². The molecule has 0 aliphatic carbocycles. The van der Waals surface area contributed by atoms with Gasteiger partial charge in [-0.2, -0.15) is 0 Å². The summed E-state index contributed by atoms with van der Waals surface area (Å²) in [5.41, 5.74) is 2.19. The van der Waals surface area contributed by atoms with Crippen molar-refractivity contribution < 1.29 is 9.84 Å². The Morgan fingerprint density at radius 2 is 2.00 bits per heavy atom. The van der Waals surface area contributed by atoms with Crippen molar-refractivity contribution in [1.82, 2.24) is 4.57 Å². The molecular weight excluding hydrogens is 286 g/mol. The van der Waals surface area contributed by atoms with E-state index >= 15 is 0 Å². The third-order valence-electron chi connectivity index (χ3n) is 3.47. The highest BCUT2D eigenvalue weighted by Gasteiger charge is 2.09. The van der Waals surface area contributed by atoms with Gasteiger partial charge < -0.3 is 14.4 Å². The minimum atomic E-state index is 0.204. The minimum Gasteiger partial charge on any atom is -0.508 e. The van der Waals surface area contributed by atoms with E-state index in [1.165, 1.54) is 0 Å². The molecule has 0 saturated carbocycles. The molecule has 4 heteroatoms. The number of aromatic nitrogens is 1. The summed E-state index contributed by atoms with van der Waals surface area (Å²) in [6, 6.07) is 14.8. The van der Waals surface area contributed by atoms with Gasteiger partial charge in [0.05, 0.1) is 5.69 Å². The first kappa shape index (κ1) is 13.8. The largest absolute Gasteiger partial charge is 0.508 e. The summed E-state index contributed by atoms with van der Waals surface area (Å²) < 4.78 is 7.95. The third kappa shape index (κ3) is 2.83. The smallest absolute Gasteiger partial charge is 0.128 e. The zero-order valence-electron chi connectivity index (χ0n) is 11.7. The first-order valence-corrected chi connectivity index (χ1v) is 7.24. The number of aryl methyl sites for hydroxylation is 1. The highest BCUT2D eigenvalue weighted by atomic mass is 35.5. The second-order valence-electron chi connectivity index (χ2n) is 4.87. The van der Waals surface area contributed by atoms with Crippen molar-refractivity contribution in [3.63, 3.8) is 0 Å². The van der Waals surface area contributed by atoms with E-state index in [1.807, 2.05) is 24.3 Å². The Hall–Kier alpha value is -2.13. The van der Waals surface area contributed by atoms with Gasteiger partial charge in [-0.1, -0.05) is 23.7 Å². The fourth-order valence-corrected chi connectivity index (χ4v) is 2.67. The van der Waals surface area contributed by atoms with Crippen molar-refractivity contribution in [3.05, 3.63) is 59.2 Å². The van der Waals surface area contributed by atoms with Crippen LogP contribution in [0.5, 0.6) is 11.5 Å². The highest BCUT2D eigenvalue weighted by Crippen LogP contribution is 2.25. The molecule has 0 bridgehead atoms. The Bertz CT molecular complexity index is 780. The van der Waals surface area contributed by atoms with Crippen molar-refractivity contribution in [2.24, 2.45) is 0 Å². The van der Waals surface area contributed by atoms with Crippen LogP contribution >= 0.6 is 11.6 Å². The summed E-state index contributed by atoms with van der Waals surface area (Å²) in [7, 11) is 0. The molecule has 1 heterocycles. The Kier molecular flexibility index (Phi) is 3.76. The van der Waals surface area contributed by atoms with Crippen molar-refractivity contribution >= 4 is 22.5 Å². The number of aromatic hydroxyl groups is 1. The lowest BCUT2D eigenvalue weighted by molar-refractivity contribution is 0.294. The number of nitrogens with zero attached hydrogens (tertiary/aromatic N) is 1. The Balaban J connectivity index is 1.90. The molecule has 2 aromatic carbocycles.